The molecule has 0 aliphatic carbocycles. The molecule has 0 spiro atoms. The highest BCUT2D eigenvalue weighted by molar-refractivity contribution is 5.55. The van der Waals surface area contributed by atoms with Crippen LogP contribution in [0, 0.1) is 0 Å². The van der Waals surface area contributed by atoms with E-state index < -0.39 is 0 Å². The zero-order valence-corrected chi connectivity index (χ0v) is 13.2. The predicted octanol–water partition coefficient (Wildman–Crippen LogP) is 3.71. The van der Waals surface area contributed by atoms with Gasteiger partial charge in [-0.15, -0.1) is 6.58 Å². The van der Waals surface area contributed by atoms with Gasteiger partial charge in [0.15, 0.2) is 0 Å². The maximum atomic E-state index is 5.87. The molecule has 1 heterocycles. The van der Waals surface area contributed by atoms with Gasteiger partial charge in [0.25, 0.3) is 0 Å². The molecule has 2 rings (SSSR count). The number of likely N-dealkylation sites (N-methyl/N-ethyl adjacent to an activating group) is 1. The van der Waals surface area contributed by atoms with E-state index in [4.69, 9.17) is 4.74 Å². The molecule has 1 aliphatic heterocycles. The molecular weight excluding hydrogens is 260 g/mol. The fourth-order valence-electron chi connectivity index (χ4n) is 2.70. The average Bonchev–Trinajstić information content (AvgIpc) is 2.51. The Morgan fingerprint density at radius 1 is 1.33 bits per heavy atom. The minimum absolute atomic E-state index is 0.817. The SMILES string of the molecule is C=CCN(C)CCCCCOc1ccc2c(c1)CCCN2. The maximum Gasteiger partial charge on any atom is 0.119 e. The summed E-state index contributed by atoms with van der Waals surface area (Å²) in [5.41, 5.74) is 2.67. The van der Waals surface area contributed by atoms with Gasteiger partial charge in [-0.2, -0.15) is 0 Å². The predicted molar refractivity (Wildman–Crippen MR) is 90.3 cm³/mol. The van der Waals surface area contributed by atoms with Crippen LogP contribution < -0.4 is 10.1 Å². The van der Waals surface area contributed by atoms with Crippen molar-refractivity contribution in [2.24, 2.45) is 0 Å². The number of benzene rings is 1. The van der Waals surface area contributed by atoms with Gasteiger partial charge in [-0.05, 0) is 69.5 Å². The van der Waals surface area contributed by atoms with Crippen LogP contribution in [0.25, 0.3) is 0 Å². The van der Waals surface area contributed by atoms with Crippen LogP contribution in [0.5, 0.6) is 5.75 Å². The molecular formula is C18H28N2O. The number of unbranched alkanes of at least 4 members (excludes halogenated alkanes) is 2. The Hall–Kier alpha value is -1.48. The van der Waals surface area contributed by atoms with E-state index in [1.54, 1.807) is 0 Å². The van der Waals surface area contributed by atoms with Gasteiger partial charge in [-0.25, -0.2) is 0 Å². The summed E-state index contributed by atoms with van der Waals surface area (Å²) in [6.07, 6.45) is 7.89. The monoisotopic (exact) mass is 288 g/mol. The molecule has 0 aromatic heterocycles. The fourth-order valence-corrected chi connectivity index (χ4v) is 2.70. The first-order valence-electron chi connectivity index (χ1n) is 8.08. The van der Waals surface area contributed by atoms with Crippen LogP contribution in [0.3, 0.4) is 0 Å². The zero-order valence-electron chi connectivity index (χ0n) is 13.2. The van der Waals surface area contributed by atoms with Crippen molar-refractivity contribution < 1.29 is 4.74 Å². The first-order valence-corrected chi connectivity index (χ1v) is 8.08. The number of nitrogens with one attached hydrogen (secondary N) is 1. The van der Waals surface area contributed by atoms with E-state index in [1.165, 1.54) is 30.5 Å². The van der Waals surface area contributed by atoms with Crippen molar-refractivity contribution >= 4 is 5.69 Å². The van der Waals surface area contributed by atoms with Crippen LogP contribution in [-0.4, -0.2) is 38.2 Å². The summed E-state index contributed by atoms with van der Waals surface area (Å²) in [7, 11) is 2.14. The smallest absolute Gasteiger partial charge is 0.119 e. The zero-order chi connectivity index (χ0) is 14.9. The summed E-state index contributed by atoms with van der Waals surface area (Å²) in [6.45, 7) is 7.77. The van der Waals surface area contributed by atoms with Crippen molar-refractivity contribution in [1.29, 1.82) is 0 Å². The fraction of sp³-hybridized carbons (Fsp3) is 0.556. The highest BCUT2D eigenvalue weighted by Crippen LogP contribution is 2.26. The summed E-state index contributed by atoms with van der Waals surface area (Å²) >= 11 is 0. The lowest BCUT2D eigenvalue weighted by Gasteiger charge is -2.18. The lowest BCUT2D eigenvalue weighted by Crippen LogP contribution is -2.19. The van der Waals surface area contributed by atoms with Gasteiger partial charge in [-0.3, -0.25) is 0 Å². The molecule has 0 atom stereocenters. The molecule has 21 heavy (non-hydrogen) atoms. The van der Waals surface area contributed by atoms with Gasteiger partial charge < -0.3 is 15.0 Å². The number of rotatable bonds is 9. The lowest BCUT2D eigenvalue weighted by molar-refractivity contribution is 0.295. The van der Waals surface area contributed by atoms with Crippen LogP contribution >= 0.6 is 0 Å². The first-order chi connectivity index (χ1) is 10.3. The number of fused-ring (bicyclic) bond motifs is 1. The van der Waals surface area contributed by atoms with Gasteiger partial charge in [-0.1, -0.05) is 6.08 Å². The molecule has 0 saturated carbocycles. The van der Waals surface area contributed by atoms with Crippen molar-refractivity contribution in [2.75, 3.05) is 38.6 Å². The third kappa shape index (κ3) is 5.43. The minimum Gasteiger partial charge on any atom is -0.494 e. The van der Waals surface area contributed by atoms with E-state index in [0.29, 0.717) is 0 Å². The second kappa shape index (κ2) is 8.73. The Labute approximate surface area is 129 Å². The second-order valence-corrected chi connectivity index (χ2v) is 5.81. The van der Waals surface area contributed by atoms with E-state index in [-0.39, 0.29) is 0 Å². The summed E-state index contributed by atoms with van der Waals surface area (Å²) in [5, 5.41) is 3.43. The minimum atomic E-state index is 0.817. The normalized spacial score (nSPS) is 13.6. The van der Waals surface area contributed by atoms with Crippen LogP contribution in [0.15, 0.2) is 30.9 Å². The highest BCUT2D eigenvalue weighted by Gasteiger charge is 2.08. The Morgan fingerprint density at radius 2 is 2.24 bits per heavy atom. The molecule has 0 saturated heterocycles. The average molecular weight is 288 g/mol. The van der Waals surface area contributed by atoms with E-state index >= 15 is 0 Å². The molecule has 0 radical (unpaired) electrons. The number of anilines is 1. The summed E-state index contributed by atoms with van der Waals surface area (Å²) in [6, 6.07) is 6.42. The van der Waals surface area contributed by atoms with Crippen molar-refractivity contribution in [3.05, 3.63) is 36.4 Å². The summed E-state index contributed by atoms with van der Waals surface area (Å²) < 4.78 is 5.87. The molecule has 1 aromatic rings. The molecule has 116 valence electrons. The van der Waals surface area contributed by atoms with Crippen LogP contribution in [0.4, 0.5) is 5.69 Å². The van der Waals surface area contributed by atoms with Crippen LogP contribution in [0.1, 0.15) is 31.2 Å². The topological polar surface area (TPSA) is 24.5 Å². The Balaban J connectivity index is 1.61. The Kier molecular flexibility index (Phi) is 6.61. The molecule has 0 amide bonds. The number of nitrogens with zero attached hydrogens (tertiary/aromatic N) is 1. The molecule has 0 unspecified atom stereocenters. The third-order valence-corrected chi connectivity index (χ3v) is 3.91. The first kappa shape index (κ1) is 15.9. The van der Waals surface area contributed by atoms with E-state index in [9.17, 15) is 0 Å². The molecule has 1 aliphatic rings. The maximum absolute atomic E-state index is 5.87. The Bertz CT molecular complexity index is 445. The number of hydrogen-bond donors (Lipinski definition) is 1. The highest BCUT2D eigenvalue weighted by atomic mass is 16.5. The molecule has 3 nitrogen and oxygen atoms in total. The van der Waals surface area contributed by atoms with Crippen LogP contribution in [0.2, 0.25) is 0 Å². The number of aryl methyl sites for hydroxylation is 1. The number of hydrogen-bond acceptors (Lipinski definition) is 3. The van der Waals surface area contributed by atoms with Gasteiger partial charge >= 0.3 is 0 Å². The molecule has 1 N–H and O–H groups in total. The molecule has 0 fully saturated rings. The number of ether oxygens (including phenoxy) is 1. The standard InChI is InChI=1S/C18H28N2O/c1-3-12-20(2)13-5-4-6-14-21-17-9-10-18-16(15-17)8-7-11-19-18/h3,9-10,15,19H,1,4-8,11-14H2,2H3. The summed E-state index contributed by atoms with van der Waals surface area (Å²) in [4.78, 5) is 2.30. The lowest BCUT2D eigenvalue weighted by atomic mass is 10.0. The van der Waals surface area contributed by atoms with E-state index in [1.807, 2.05) is 6.08 Å². The van der Waals surface area contributed by atoms with Crippen molar-refractivity contribution in [2.45, 2.75) is 32.1 Å². The van der Waals surface area contributed by atoms with Crippen molar-refractivity contribution in [3.8, 4) is 5.75 Å². The van der Waals surface area contributed by atoms with Crippen molar-refractivity contribution in [3.63, 3.8) is 0 Å². The van der Waals surface area contributed by atoms with Gasteiger partial charge in [0.05, 0.1) is 6.61 Å². The van der Waals surface area contributed by atoms with Gasteiger partial charge in [0, 0.05) is 18.8 Å². The van der Waals surface area contributed by atoms with Gasteiger partial charge in [0.2, 0.25) is 0 Å². The van der Waals surface area contributed by atoms with Crippen molar-refractivity contribution in [1.82, 2.24) is 4.90 Å². The largest absolute Gasteiger partial charge is 0.494 e. The molecule has 0 bridgehead atoms. The van der Waals surface area contributed by atoms with Gasteiger partial charge in [0.1, 0.15) is 5.75 Å². The van der Waals surface area contributed by atoms with Crippen LogP contribution in [-0.2, 0) is 6.42 Å². The van der Waals surface area contributed by atoms with E-state index in [2.05, 4.69) is 42.0 Å². The Morgan fingerprint density at radius 3 is 3.10 bits per heavy atom. The quantitative estimate of drug-likeness (QED) is 0.554. The molecule has 3 heteroatoms. The summed E-state index contributed by atoms with van der Waals surface area (Å²) in [5.74, 6) is 1.02. The third-order valence-electron chi connectivity index (χ3n) is 3.91. The molecule has 1 aromatic carbocycles. The van der Waals surface area contributed by atoms with E-state index in [0.717, 1.165) is 44.8 Å². The second-order valence-electron chi connectivity index (χ2n) is 5.81.